The molecule has 1 fully saturated rings. The van der Waals surface area contributed by atoms with Gasteiger partial charge in [-0.2, -0.15) is 0 Å². The zero-order valence-electron chi connectivity index (χ0n) is 19.1. The van der Waals surface area contributed by atoms with Crippen LogP contribution in [0, 0.1) is 5.92 Å². The van der Waals surface area contributed by atoms with Gasteiger partial charge in [0.15, 0.2) is 5.13 Å². The number of para-hydroxylation sites is 1. The number of amides is 1. The molecule has 9 heteroatoms. The molecule has 2 unspecified atom stereocenters. The number of carbonyl (C=O) groups is 1. The van der Waals surface area contributed by atoms with E-state index in [1.807, 2.05) is 31.2 Å². The van der Waals surface area contributed by atoms with E-state index in [0.717, 1.165) is 35.9 Å². The Balaban J connectivity index is 1.66. The van der Waals surface area contributed by atoms with Crippen molar-refractivity contribution in [2.24, 2.45) is 5.92 Å². The predicted molar refractivity (Wildman–Crippen MR) is 132 cm³/mol. The molecule has 1 heterocycles. The van der Waals surface area contributed by atoms with Crippen LogP contribution in [0.3, 0.4) is 0 Å². The van der Waals surface area contributed by atoms with Gasteiger partial charge in [0.05, 0.1) is 17.3 Å². The topological polar surface area (TPSA) is 88.6 Å². The largest absolute Gasteiger partial charge is 0.495 e. The Morgan fingerprint density at radius 1 is 1.21 bits per heavy atom. The molecule has 1 amide bonds. The quantitative estimate of drug-likeness (QED) is 0.516. The fourth-order valence-electron chi connectivity index (χ4n) is 4.27. The summed E-state index contributed by atoms with van der Waals surface area (Å²) >= 11 is 1.43. The van der Waals surface area contributed by atoms with Crippen LogP contribution in [0.4, 0.5) is 5.13 Å². The van der Waals surface area contributed by atoms with Gasteiger partial charge in [-0.05, 0) is 56.0 Å². The fourth-order valence-corrected chi connectivity index (χ4v) is 6.87. The smallest absolute Gasteiger partial charge is 0.260 e. The van der Waals surface area contributed by atoms with E-state index in [2.05, 4.69) is 16.6 Å². The van der Waals surface area contributed by atoms with Gasteiger partial charge in [-0.1, -0.05) is 43.2 Å². The molecule has 1 N–H and O–H groups in total. The molecule has 33 heavy (non-hydrogen) atoms. The van der Waals surface area contributed by atoms with Gasteiger partial charge in [0.25, 0.3) is 5.91 Å². The van der Waals surface area contributed by atoms with E-state index in [-0.39, 0.29) is 34.1 Å². The SMILES string of the molecule is CCN(C(=O)c1ccc(OC)c(S(=O)(=O)NC2CCCCC2C)c1)c1nc2ccccc2s1. The van der Waals surface area contributed by atoms with Crippen molar-refractivity contribution in [2.75, 3.05) is 18.6 Å². The monoisotopic (exact) mass is 487 g/mol. The number of carbonyl (C=O) groups excluding carboxylic acids is 1. The third kappa shape index (κ3) is 4.90. The number of aromatic nitrogens is 1. The van der Waals surface area contributed by atoms with Crippen molar-refractivity contribution in [2.45, 2.75) is 50.5 Å². The number of nitrogens with zero attached hydrogens (tertiary/aromatic N) is 2. The van der Waals surface area contributed by atoms with Gasteiger partial charge >= 0.3 is 0 Å². The number of hydrogen-bond donors (Lipinski definition) is 1. The average Bonchev–Trinajstić information content (AvgIpc) is 3.24. The minimum Gasteiger partial charge on any atom is -0.495 e. The second-order valence-electron chi connectivity index (χ2n) is 8.37. The van der Waals surface area contributed by atoms with Gasteiger partial charge in [0.1, 0.15) is 10.6 Å². The van der Waals surface area contributed by atoms with E-state index >= 15 is 0 Å². The molecule has 1 aliphatic rings. The lowest BCUT2D eigenvalue weighted by Gasteiger charge is -2.29. The van der Waals surface area contributed by atoms with Crippen molar-refractivity contribution in [3.63, 3.8) is 0 Å². The molecule has 0 aliphatic heterocycles. The third-order valence-electron chi connectivity index (χ3n) is 6.19. The highest BCUT2D eigenvalue weighted by Gasteiger charge is 2.30. The van der Waals surface area contributed by atoms with Gasteiger partial charge in [0.2, 0.25) is 10.0 Å². The fraction of sp³-hybridized carbons (Fsp3) is 0.417. The molecule has 2 aromatic carbocycles. The van der Waals surface area contributed by atoms with Crippen LogP contribution in [0.5, 0.6) is 5.75 Å². The first-order valence-corrected chi connectivity index (χ1v) is 13.5. The molecule has 1 aliphatic carbocycles. The Labute approximate surface area is 198 Å². The van der Waals surface area contributed by atoms with E-state index in [1.54, 1.807) is 11.0 Å². The first-order valence-electron chi connectivity index (χ1n) is 11.2. The number of methoxy groups -OCH3 is 1. The zero-order chi connectivity index (χ0) is 23.6. The molecule has 0 radical (unpaired) electrons. The summed E-state index contributed by atoms with van der Waals surface area (Å²) in [5.41, 5.74) is 1.10. The Hall–Kier alpha value is -2.49. The number of rotatable bonds is 7. The minimum absolute atomic E-state index is 0.0195. The zero-order valence-corrected chi connectivity index (χ0v) is 20.7. The molecule has 0 saturated heterocycles. The highest BCUT2D eigenvalue weighted by molar-refractivity contribution is 7.89. The Bertz CT molecular complexity index is 1220. The van der Waals surface area contributed by atoms with Gasteiger partial charge in [-0.15, -0.1) is 0 Å². The maximum atomic E-state index is 13.4. The van der Waals surface area contributed by atoms with Gasteiger partial charge in [-0.25, -0.2) is 18.1 Å². The molecule has 1 saturated carbocycles. The van der Waals surface area contributed by atoms with Crippen LogP contribution in [0.2, 0.25) is 0 Å². The summed E-state index contributed by atoms with van der Waals surface area (Å²) in [5, 5.41) is 0.582. The number of hydrogen-bond acceptors (Lipinski definition) is 6. The lowest BCUT2D eigenvalue weighted by Crippen LogP contribution is -2.41. The second kappa shape index (κ2) is 9.79. The molecular formula is C24H29N3O4S2. The summed E-state index contributed by atoms with van der Waals surface area (Å²) in [7, 11) is -2.44. The molecule has 2 atom stereocenters. The normalized spacial score (nSPS) is 18.9. The van der Waals surface area contributed by atoms with Gasteiger partial charge in [-0.3, -0.25) is 9.69 Å². The number of nitrogens with one attached hydrogen (secondary N) is 1. The van der Waals surface area contributed by atoms with Crippen molar-refractivity contribution in [3.8, 4) is 5.75 Å². The molecule has 4 rings (SSSR count). The van der Waals surface area contributed by atoms with Crippen molar-refractivity contribution < 1.29 is 17.9 Å². The van der Waals surface area contributed by atoms with E-state index in [9.17, 15) is 13.2 Å². The number of sulfonamides is 1. The number of anilines is 1. The molecule has 7 nitrogen and oxygen atoms in total. The lowest BCUT2D eigenvalue weighted by molar-refractivity contribution is 0.0988. The molecule has 3 aromatic rings. The van der Waals surface area contributed by atoms with Crippen LogP contribution in [0.25, 0.3) is 10.2 Å². The van der Waals surface area contributed by atoms with E-state index in [0.29, 0.717) is 11.7 Å². The summed E-state index contributed by atoms with van der Waals surface area (Å²) < 4.78 is 35.8. The third-order valence-corrected chi connectivity index (χ3v) is 8.76. The van der Waals surface area contributed by atoms with Crippen molar-refractivity contribution >= 4 is 42.6 Å². The van der Waals surface area contributed by atoms with Crippen molar-refractivity contribution in [3.05, 3.63) is 48.0 Å². The molecule has 0 bridgehead atoms. The first kappa shape index (κ1) is 23.7. The van der Waals surface area contributed by atoms with E-state index in [1.165, 1.54) is 30.6 Å². The van der Waals surface area contributed by atoms with Crippen LogP contribution in [0.15, 0.2) is 47.4 Å². The van der Waals surface area contributed by atoms with Crippen LogP contribution in [-0.2, 0) is 10.0 Å². The molecule has 0 spiro atoms. The lowest BCUT2D eigenvalue weighted by atomic mass is 9.87. The van der Waals surface area contributed by atoms with E-state index < -0.39 is 10.0 Å². The summed E-state index contributed by atoms with van der Waals surface area (Å²) in [6.07, 6.45) is 3.92. The number of benzene rings is 2. The highest BCUT2D eigenvalue weighted by Crippen LogP contribution is 2.32. The molecule has 176 valence electrons. The minimum atomic E-state index is -3.87. The summed E-state index contributed by atoms with van der Waals surface area (Å²) in [4.78, 5) is 19.5. The number of thiazole rings is 1. The standard InChI is InChI=1S/C24H29N3O4S2/c1-4-27(24-25-19-11-7-8-12-21(19)32-24)23(28)17-13-14-20(31-3)22(15-17)33(29,30)26-18-10-6-5-9-16(18)2/h7-8,11-16,18,26H,4-6,9-10H2,1-3H3. The van der Waals surface area contributed by atoms with Crippen LogP contribution >= 0.6 is 11.3 Å². The van der Waals surface area contributed by atoms with Crippen molar-refractivity contribution in [1.82, 2.24) is 9.71 Å². The number of fused-ring (bicyclic) bond motifs is 1. The number of ether oxygens (including phenoxy) is 1. The molecule has 1 aromatic heterocycles. The van der Waals surface area contributed by atoms with Crippen molar-refractivity contribution in [1.29, 1.82) is 0 Å². The first-order chi connectivity index (χ1) is 15.8. The second-order valence-corrected chi connectivity index (χ2v) is 11.1. The predicted octanol–water partition coefficient (Wildman–Crippen LogP) is 4.83. The van der Waals surface area contributed by atoms with Gasteiger partial charge in [0, 0.05) is 18.2 Å². The van der Waals surface area contributed by atoms with Gasteiger partial charge < -0.3 is 4.74 Å². The maximum absolute atomic E-state index is 13.4. The van der Waals surface area contributed by atoms with Crippen LogP contribution in [0.1, 0.15) is 49.9 Å². The Morgan fingerprint density at radius 3 is 2.67 bits per heavy atom. The molecular weight excluding hydrogens is 458 g/mol. The van der Waals surface area contributed by atoms with E-state index in [4.69, 9.17) is 4.74 Å². The van der Waals surface area contributed by atoms with Crippen LogP contribution < -0.4 is 14.4 Å². The Kier molecular flexibility index (Phi) is 7.02. The summed E-state index contributed by atoms with van der Waals surface area (Å²) in [6, 6.07) is 12.1. The average molecular weight is 488 g/mol. The maximum Gasteiger partial charge on any atom is 0.260 e. The van der Waals surface area contributed by atoms with Crippen LogP contribution in [-0.4, -0.2) is 39.0 Å². The summed E-state index contributed by atoms with van der Waals surface area (Å²) in [5.74, 6) is 0.172. The Morgan fingerprint density at radius 2 is 1.97 bits per heavy atom. The highest BCUT2D eigenvalue weighted by atomic mass is 32.2. The summed E-state index contributed by atoms with van der Waals surface area (Å²) in [6.45, 7) is 4.35.